The lowest BCUT2D eigenvalue weighted by Crippen LogP contribution is -2.47. The third kappa shape index (κ3) is 5.51. The fourth-order valence-electron chi connectivity index (χ4n) is 5.51. The third-order valence-corrected chi connectivity index (χ3v) is 7.55. The lowest BCUT2D eigenvalue weighted by atomic mass is 9.95. The second-order valence-corrected chi connectivity index (χ2v) is 10.4. The van der Waals surface area contributed by atoms with Gasteiger partial charge in [-0.25, -0.2) is 22.9 Å². The number of hydrogen-bond acceptors (Lipinski definition) is 2. The average molecular weight is 535 g/mol. The number of nitrogens with zero attached hydrogens (tertiary/aromatic N) is 3. The lowest BCUT2D eigenvalue weighted by molar-refractivity contribution is 0.112. The van der Waals surface area contributed by atoms with Crippen molar-refractivity contribution < 1.29 is 18.0 Å². The van der Waals surface area contributed by atoms with Crippen LogP contribution in [-0.4, -0.2) is 38.9 Å². The van der Waals surface area contributed by atoms with Crippen LogP contribution in [0.3, 0.4) is 0 Å². The van der Waals surface area contributed by atoms with Gasteiger partial charge in [0, 0.05) is 19.6 Å². The molecule has 1 fully saturated rings. The minimum atomic E-state index is -1.49. The molecule has 0 spiro atoms. The SMILES string of the molecule is CCCN(Cc1cc(-c2ccc3nc(C)[nH]c3c2)ccc1C)C(=O)N1CCCCC1c1cc(F)c(F)c(F)c1. The number of benzene rings is 3. The first-order valence-corrected chi connectivity index (χ1v) is 13.5. The topological polar surface area (TPSA) is 52.2 Å². The van der Waals surface area contributed by atoms with Crippen LogP contribution in [0.25, 0.3) is 22.2 Å². The van der Waals surface area contributed by atoms with Crippen molar-refractivity contribution in [3.8, 4) is 11.1 Å². The van der Waals surface area contributed by atoms with Crippen LogP contribution in [0.4, 0.5) is 18.0 Å². The summed E-state index contributed by atoms with van der Waals surface area (Å²) in [6.07, 6.45) is 2.96. The number of hydrogen-bond donors (Lipinski definition) is 1. The Hall–Kier alpha value is -3.81. The second-order valence-electron chi connectivity index (χ2n) is 10.4. The Morgan fingerprint density at radius 3 is 2.49 bits per heavy atom. The van der Waals surface area contributed by atoms with Crippen LogP contribution >= 0.6 is 0 Å². The zero-order chi connectivity index (χ0) is 27.7. The van der Waals surface area contributed by atoms with Gasteiger partial charge in [0.2, 0.25) is 0 Å². The zero-order valence-corrected chi connectivity index (χ0v) is 22.5. The number of halogens is 3. The van der Waals surface area contributed by atoms with E-state index < -0.39 is 23.5 Å². The van der Waals surface area contributed by atoms with Crippen LogP contribution in [0.2, 0.25) is 0 Å². The molecule has 8 heteroatoms. The number of fused-ring (bicyclic) bond motifs is 1. The first-order chi connectivity index (χ1) is 18.7. The standard InChI is InChI=1S/C31H33F3N4O/c1-4-12-37(31(39)38-13-6-5-7-29(38)23-15-25(32)30(34)26(33)16-23)18-24-14-21(9-8-19(24)2)22-10-11-27-28(17-22)36-20(3)35-27/h8-11,14-17,29H,4-7,12-13,18H2,1-3H3,(H,35,36). The van der Waals surface area contributed by atoms with Gasteiger partial charge < -0.3 is 14.8 Å². The molecule has 1 aliphatic heterocycles. The highest BCUT2D eigenvalue weighted by Crippen LogP contribution is 2.34. The van der Waals surface area contributed by atoms with E-state index in [1.54, 1.807) is 4.90 Å². The minimum absolute atomic E-state index is 0.175. The first-order valence-electron chi connectivity index (χ1n) is 13.5. The van der Waals surface area contributed by atoms with E-state index in [1.165, 1.54) is 0 Å². The van der Waals surface area contributed by atoms with Crippen molar-refractivity contribution in [3.63, 3.8) is 0 Å². The summed E-state index contributed by atoms with van der Waals surface area (Å²) in [6.45, 7) is 7.41. The van der Waals surface area contributed by atoms with Gasteiger partial charge in [0.05, 0.1) is 17.1 Å². The van der Waals surface area contributed by atoms with Crippen molar-refractivity contribution in [2.45, 2.75) is 59.0 Å². The maximum atomic E-state index is 14.1. The number of aromatic nitrogens is 2. The number of urea groups is 1. The number of aryl methyl sites for hydroxylation is 2. The molecule has 0 saturated carbocycles. The average Bonchev–Trinajstić information content (AvgIpc) is 3.31. The van der Waals surface area contributed by atoms with Crippen molar-refractivity contribution in [2.24, 2.45) is 0 Å². The number of rotatable bonds is 6. The fourth-order valence-corrected chi connectivity index (χ4v) is 5.51. The van der Waals surface area contributed by atoms with E-state index >= 15 is 0 Å². The quantitative estimate of drug-likeness (QED) is 0.256. The highest BCUT2D eigenvalue weighted by Gasteiger charge is 2.32. The third-order valence-electron chi connectivity index (χ3n) is 7.55. The molecule has 39 heavy (non-hydrogen) atoms. The van der Waals surface area contributed by atoms with Gasteiger partial charge >= 0.3 is 6.03 Å². The predicted molar refractivity (Wildman–Crippen MR) is 147 cm³/mol. The second kappa shape index (κ2) is 11.1. The number of H-pyrrole nitrogens is 1. The molecule has 0 bridgehead atoms. The molecule has 2 amide bonds. The van der Waals surface area contributed by atoms with E-state index in [2.05, 4.69) is 34.2 Å². The Labute approximate surface area is 226 Å². The van der Waals surface area contributed by atoms with E-state index in [4.69, 9.17) is 0 Å². The maximum Gasteiger partial charge on any atom is 0.320 e. The highest BCUT2D eigenvalue weighted by atomic mass is 19.2. The first kappa shape index (κ1) is 26.8. The fraction of sp³-hybridized carbons (Fsp3) is 0.355. The highest BCUT2D eigenvalue weighted by molar-refractivity contribution is 5.82. The van der Waals surface area contributed by atoms with E-state index in [0.717, 1.165) is 70.5 Å². The Balaban J connectivity index is 1.43. The largest absolute Gasteiger partial charge is 0.342 e. The number of amides is 2. The number of piperidine rings is 1. The van der Waals surface area contributed by atoms with Crippen LogP contribution in [0, 0.1) is 31.3 Å². The molecule has 1 aromatic heterocycles. The molecule has 1 unspecified atom stereocenters. The minimum Gasteiger partial charge on any atom is -0.342 e. The van der Waals surface area contributed by atoms with Crippen LogP contribution in [0.5, 0.6) is 0 Å². The van der Waals surface area contributed by atoms with Gasteiger partial charge in [0.1, 0.15) is 5.82 Å². The molecular weight excluding hydrogens is 501 g/mol. The molecule has 0 aliphatic carbocycles. The van der Waals surface area contributed by atoms with Crippen molar-refractivity contribution in [3.05, 3.63) is 88.5 Å². The number of aromatic amines is 1. The molecule has 5 rings (SSSR count). The van der Waals surface area contributed by atoms with Crippen molar-refractivity contribution >= 4 is 17.1 Å². The number of carbonyl (C=O) groups excluding carboxylic acids is 1. The van der Waals surface area contributed by atoms with Crippen LogP contribution in [0.15, 0.2) is 48.5 Å². The number of imidazole rings is 1. The Morgan fingerprint density at radius 2 is 1.74 bits per heavy atom. The van der Waals surface area contributed by atoms with E-state index in [9.17, 15) is 18.0 Å². The van der Waals surface area contributed by atoms with Crippen LogP contribution in [-0.2, 0) is 6.54 Å². The van der Waals surface area contributed by atoms with Crippen molar-refractivity contribution in [2.75, 3.05) is 13.1 Å². The molecule has 1 aliphatic rings. The Kier molecular flexibility index (Phi) is 7.64. The normalized spacial score (nSPS) is 15.6. The maximum absolute atomic E-state index is 14.1. The summed E-state index contributed by atoms with van der Waals surface area (Å²) >= 11 is 0. The summed E-state index contributed by atoms with van der Waals surface area (Å²) in [5.41, 5.74) is 6.38. The van der Waals surface area contributed by atoms with Crippen LogP contribution in [0.1, 0.15) is 61.2 Å². The van der Waals surface area contributed by atoms with E-state index in [0.29, 0.717) is 31.6 Å². The van der Waals surface area contributed by atoms with E-state index in [1.807, 2.05) is 37.8 Å². The molecule has 3 aromatic carbocycles. The van der Waals surface area contributed by atoms with Crippen LogP contribution < -0.4 is 0 Å². The Morgan fingerprint density at radius 1 is 1.03 bits per heavy atom. The van der Waals surface area contributed by atoms with Gasteiger partial charge in [-0.15, -0.1) is 0 Å². The summed E-state index contributed by atoms with van der Waals surface area (Å²) in [5.74, 6) is -3.09. The molecule has 204 valence electrons. The number of likely N-dealkylation sites (tertiary alicyclic amines) is 1. The van der Waals surface area contributed by atoms with Gasteiger partial charge in [-0.3, -0.25) is 0 Å². The summed E-state index contributed by atoms with van der Waals surface area (Å²) in [4.78, 5) is 25.2. The number of nitrogens with one attached hydrogen (secondary N) is 1. The molecule has 1 N–H and O–H groups in total. The van der Waals surface area contributed by atoms with Gasteiger partial charge in [0.25, 0.3) is 0 Å². The molecular formula is C31H33F3N4O. The van der Waals surface area contributed by atoms with Crippen molar-refractivity contribution in [1.82, 2.24) is 19.8 Å². The van der Waals surface area contributed by atoms with Gasteiger partial charge in [-0.1, -0.05) is 25.1 Å². The lowest BCUT2D eigenvalue weighted by Gasteiger charge is -2.39. The molecule has 4 aromatic rings. The molecule has 1 atom stereocenters. The van der Waals surface area contributed by atoms with Crippen molar-refractivity contribution in [1.29, 1.82) is 0 Å². The summed E-state index contributed by atoms with van der Waals surface area (Å²) in [7, 11) is 0. The smallest absolute Gasteiger partial charge is 0.320 e. The van der Waals surface area contributed by atoms with Gasteiger partial charge in [0.15, 0.2) is 17.5 Å². The van der Waals surface area contributed by atoms with E-state index in [-0.39, 0.29) is 6.03 Å². The summed E-state index contributed by atoms with van der Waals surface area (Å²) in [6, 6.07) is 13.7. The molecule has 5 nitrogen and oxygen atoms in total. The molecule has 2 heterocycles. The molecule has 1 saturated heterocycles. The number of carbonyl (C=O) groups is 1. The monoisotopic (exact) mass is 534 g/mol. The van der Waals surface area contributed by atoms with Gasteiger partial charge in [-0.2, -0.15) is 0 Å². The predicted octanol–water partition coefficient (Wildman–Crippen LogP) is 7.82. The van der Waals surface area contributed by atoms with Gasteiger partial charge in [-0.05, 0) is 97.7 Å². The zero-order valence-electron chi connectivity index (χ0n) is 22.5. The summed E-state index contributed by atoms with van der Waals surface area (Å²) in [5, 5.41) is 0. The Bertz CT molecular complexity index is 1490. The molecule has 0 radical (unpaired) electrons. The summed E-state index contributed by atoms with van der Waals surface area (Å²) < 4.78 is 41.8.